The first-order chi connectivity index (χ1) is 14.3. The molecule has 0 aromatic heterocycles. The summed E-state index contributed by atoms with van der Waals surface area (Å²) in [6.07, 6.45) is 2.70. The van der Waals surface area contributed by atoms with Crippen molar-refractivity contribution in [3.05, 3.63) is 59.7 Å². The minimum Gasteiger partial charge on any atom is -0.497 e. The topological polar surface area (TPSA) is 84.5 Å². The lowest BCUT2D eigenvalue weighted by Gasteiger charge is -2.23. The van der Waals surface area contributed by atoms with Crippen molar-refractivity contribution in [2.24, 2.45) is 5.92 Å². The Labute approximate surface area is 179 Å². The van der Waals surface area contributed by atoms with E-state index in [1.165, 1.54) is 0 Å². The Morgan fingerprint density at radius 1 is 1.07 bits per heavy atom. The molecular weight excluding hydrogens is 400 g/mol. The van der Waals surface area contributed by atoms with Crippen LogP contribution in [0.25, 0.3) is 0 Å². The predicted molar refractivity (Wildman–Crippen MR) is 117 cm³/mol. The molecule has 1 aliphatic carbocycles. The molecule has 1 fully saturated rings. The van der Waals surface area contributed by atoms with Gasteiger partial charge in [-0.3, -0.25) is 4.79 Å². The third kappa shape index (κ3) is 6.06. The van der Waals surface area contributed by atoms with Crippen LogP contribution in [-0.2, 0) is 21.2 Å². The normalized spacial score (nSPS) is 15.1. The number of ether oxygens (including phenoxy) is 1. The maximum atomic E-state index is 12.5. The van der Waals surface area contributed by atoms with Gasteiger partial charge in [0.25, 0.3) is 0 Å². The molecule has 1 atom stereocenters. The lowest BCUT2D eigenvalue weighted by Crippen LogP contribution is -2.31. The SMILES string of the molecule is COc1ccc(C(NC(=O)CCc2ccc(S(=O)(=O)NC3CC3)cc2)C(C)C)cc1. The van der Waals surface area contributed by atoms with Crippen LogP contribution in [0.4, 0.5) is 0 Å². The molecule has 0 radical (unpaired) electrons. The second-order valence-electron chi connectivity index (χ2n) is 8.10. The van der Waals surface area contributed by atoms with Gasteiger partial charge in [-0.25, -0.2) is 13.1 Å². The van der Waals surface area contributed by atoms with Crippen molar-refractivity contribution >= 4 is 15.9 Å². The van der Waals surface area contributed by atoms with E-state index in [9.17, 15) is 13.2 Å². The molecule has 1 saturated carbocycles. The fraction of sp³-hybridized carbons (Fsp3) is 0.435. The molecule has 0 spiro atoms. The van der Waals surface area contributed by atoms with Crippen LogP contribution in [0.15, 0.2) is 53.4 Å². The smallest absolute Gasteiger partial charge is 0.240 e. The van der Waals surface area contributed by atoms with E-state index in [1.54, 1.807) is 31.4 Å². The van der Waals surface area contributed by atoms with E-state index in [1.807, 2.05) is 24.3 Å². The van der Waals surface area contributed by atoms with Gasteiger partial charge < -0.3 is 10.1 Å². The summed E-state index contributed by atoms with van der Waals surface area (Å²) in [5.74, 6) is 0.993. The van der Waals surface area contributed by atoms with Crippen LogP contribution in [0, 0.1) is 5.92 Å². The molecule has 0 bridgehead atoms. The van der Waals surface area contributed by atoms with Crippen molar-refractivity contribution < 1.29 is 17.9 Å². The summed E-state index contributed by atoms with van der Waals surface area (Å²) >= 11 is 0. The number of methoxy groups -OCH3 is 1. The number of sulfonamides is 1. The summed E-state index contributed by atoms with van der Waals surface area (Å²) in [4.78, 5) is 12.8. The van der Waals surface area contributed by atoms with E-state index < -0.39 is 10.0 Å². The van der Waals surface area contributed by atoms with Crippen LogP contribution in [-0.4, -0.2) is 27.5 Å². The Kier molecular flexibility index (Phi) is 7.15. The highest BCUT2D eigenvalue weighted by atomic mass is 32.2. The van der Waals surface area contributed by atoms with Crippen molar-refractivity contribution in [2.75, 3.05) is 7.11 Å². The average molecular weight is 431 g/mol. The molecule has 6 nitrogen and oxygen atoms in total. The van der Waals surface area contributed by atoms with Crippen LogP contribution in [0.2, 0.25) is 0 Å². The predicted octanol–water partition coefficient (Wildman–Crippen LogP) is 3.58. The Morgan fingerprint density at radius 3 is 2.23 bits per heavy atom. The Hall–Kier alpha value is -2.38. The minimum atomic E-state index is -3.44. The van der Waals surface area contributed by atoms with Gasteiger partial charge in [-0.1, -0.05) is 38.1 Å². The van der Waals surface area contributed by atoms with E-state index in [2.05, 4.69) is 23.9 Å². The first-order valence-electron chi connectivity index (χ1n) is 10.3. The second kappa shape index (κ2) is 9.62. The molecule has 0 aliphatic heterocycles. The van der Waals surface area contributed by atoms with Crippen LogP contribution >= 0.6 is 0 Å². The number of hydrogen-bond donors (Lipinski definition) is 2. The van der Waals surface area contributed by atoms with E-state index in [-0.39, 0.29) is 28.8 Å². The van der Waals surface area contributed by atoms with E-state index in [0.717, 1.165) is 29.7 Å². The summed E-state index contributed by atoms with van der Waals surface area (Å²) in [5.41, 5.74) is 1.97. The van der Waals surface area contributed by atoms with E-state index in [0.29, 0.717) is 12.8 Å². The average Bonchev–Trinajstić information content (AvgIpc) is 3.54. The van der Waals surface area contributed by atoms with Crippen molar-refractivity contribution in [3.8, 4) is 5.75 Å². The van der Waals surface area contributed by atoms with Gasteiger partial charge >= 0.3 is 0 Å². The van der Waals surface area contributed by atoms with Gasteiger partial charge in [0.2, 0.25) is 15.9 Å². The molecule has 30 heavy (non-hydrogen) atoms. The molecule has 1 aliphatic rings. The molecule has 2 aromatic carbocycles. The molecule has 7 heteroatoms. The molecule has 1 amide bonds. The zero-order chi connectivity index (χ0) is 21.7. The zero-order valence-corrected chi connectivity index (χ0v) is 18.5. The van der Waals surface area contributed by atoms with Crippen molar-refractivity contribution in [1.29, 1.82) is 0 Å². The number of amides is 1. The van der Waals surface area contributed by atoms with E-state index >= 15 is 0 Å². The molecule has 3 rings (SSSR count). The third-order valence-electron chi connectivity index (χ3n) is 5.23. The second-order valence-corrected chi connectivity index (χ2v) is 9.82. The Morgan fingerprint density at radius 2 is 1.70 bits per heavy atom. The molecular formula is C23H30N2O4S. The highest BCUT2D eigenvalue weighted by Crippen LogP contribution is 2.25. The number of aryl methyl sites for hydroxylation is 1. The highest BCUT2D eigenvalue weighted by molar-refractivity contribution is 7.89. The summed E-state index contributed by atoms with van der Waals surface area (Å²) in [5, 5.41) is 3.12. The fourth-order valence-electron chi connectivity index (χ4n) is 3.27. The minimum absolute atomic E-state index is 0.0309. The molecule has 1 unspecified atom stereocenters. The van der Waals surface area contributed by atoms with Gasteiger partial charge in [-0.05, 0) is 60.6 Å². The van der Waals surface area contributed by atoms with Crippen molar-refractivity contribution in [3.63, 3.8) is 0 Å². The number of carbonyl (C=O) groups excluding carboxylic acids is 1. The Balaban J connectivity index is 1.55. The van der Waals surface area contributed by atoms with Gasteiger partial charge in [-0.2, -0.15) is 0 Å². The van der Waals surface area contributed by atoms with Crippen LogP contribution < -0.4 is 14.8 Å². The maximum absolute atomic E-state index is 12.5. The molecule has 0 saturated heterocycles. The summed E-state index contributed by atoms with van der Waals surface area (Å²) in [7, 11) is -1.82. The molecule has 162 valence electrons. The van der Waals surface area contributed by atoms with Crippen LogP contribution in [0.1, 0.15) is 50.3 Å². The van der Waals surface area contributed by atoms with Crippen molar-refractivity contribution in [2.45, 2.75) is 56.5 Å². The maximum Gasteiger partial charge on any atom is 0.240 e. The monoisotopic (exact) mass is 430 g/mol. The first kappa shape index (κ1) is 22.3. The van der Waals surface area contributed by atoms with Crippen LogP contribution in [0.5, 0.6) is 5.75 Å². The number of hydrogen-bond acceptors (Lipinski definition) is 4. The molecule has 0 heterocycles. The van der Waals surface area contributed by atoms with Gasteiger partial charge in [0.15, 0.2) is 0 Å². The third-order valence-corrected chi connectivity index (χ3v) is 6.77. The summed E-state index contributed by atoms with van der Waals surface area (Å²) in [6.45, 7) is 4.15. The Bertz CT molecular complexity index is 950. The number of benzene rings is 2. The van der Waals surface area contributed by atoms with Crippen LogP contribution in [0.3, 0.4) is 0 Å². The lowest BCUT2D eigenvalue weighted by atomic mass is 9.95. The van der Waals surface area contributed by atoms with Gasteiger partial charge in [0, 0.05) is 12.5 Å². The number of carbonyl (C=O) groups is 1. The van der Waals surface area contributed by atoms with Gasteiger partial charge in [-0.15, -0.1) is 0 Å². The lowest BCUT2D eigenvalue weighted by molar-refractivity contribution is -0.122. The zero-order valence-electron chi connectivity index (χ0n) is 17.7. The highest BCUT2D eigenvalue weighted by Gasteiger charge is 2.27. The largest absolute Gasteiger partial charge is 0.497 e. The quantitative estimate of drug-likeness (QED) is 0.603. The molecule has 2 aromatic rings. The number of rotatable bonds is 10. The van der Waals surface area contributed by atoms with Gasteiger partial charge in [0.05, 0.1) is 18.0 Å². The fourth-order valence-corrected chi connectivity index (χ4v) is 4.58. The number of nitrogens with one attached hydrogen (secondary N) is 2. The summed E-state index contributed by atoms with van der Waals surface area (Å²) < 4.78 is 32.3. The molecule has 2 N–H and O–H groups in total. The summed E-state index contributed by atoms with van der Waals surface area (Å²) in [6, 6.07) is 14.5. The first-order valence-corrected chi connectivity index (χ1v) is 11.8. The van der Waals surface area contributed by atoms with E-state index in [4.69, 9.17) is 4.74 Å². The standard InChI is InChI=1S/C23H30N2O4S/c1-16(2)23(18-7-11-20(29-3)12-8-18)24-22(26)15-6-17-4-13-21(14-5-17)30(27,28)25-19-9-10-19/h4-5,7-8,11-14,16,19,23,25H,6,9-10,15H2,1-3H3,(H,24,26). The van der Waals surface area contributed by atoms with Gasteiger partial charge in [0.1, 0.15) is 5.75 Å². The van der Waals surface area contributed by atoms with Crippen molar-refractivity contribution in [1.82, 2.24) is 10.0 Å².